The van der Waals surface area contributed by atoms with Crippen molar-refractivity contribution >= 4 is 34.7 Å². The second kappa shape index (κ2) is 4.86. The highest BCUT2D eigenvalue weighted by Gasteiger charge is 2.08. The van der Waals surface area contributed by atoms with Crippen molar-refractivity contribution in [3.63, 3.8) is 0 Å². The van der Waals surface area contributed by atoms with Crippen LogP contribution in [0.25, 0.3) is 11.2 Å². The van der Waals surface area contributed by atoms with Crippen molar-refractivity contribution in [3.8, 4) is 0 Å². The molecule has 0 amide bonds. The molecule has 3 rings (SSSR count). The van der Waals surface area contributed by atoms with Crippen LogP contribution < -0.4 is 0 Å². The molecule has 3 aromatic heterocycles. The van der Waals surface area contributed by atoms with Crippen LogP contribution in [0.2, 0.25) is 0 Å². The Labute approximate surface area is 120 Å². The number of pyridine rings is 1. The second-order valence-electron chi connectivity index (χ2n) is 4.54. The molecule has 0 saturated heterocycles. The molecule has 0 aromatic carbocycles. The maximum absolute atomic E-state index is 5.38. The summed E-state index contributed by atoms with van der Waals surface area (Å²) in [4.78, 5) is 12.1. The number of rotatable bonds is 3. The van der Waals surface area contributed by atoms with Crippen molar-refractivity contribution in [2.75, 3.05) is 0 Å². The van der Waals surface area contributed by atoms with Gasteiger partial charge < -0.3 is 9.55 Å². The van der Waals surface area contributed by atoms with Gasteiger partial charge in [-0.3, -0.25) is 0 Å². The first-order valence-corrected chi connectivity index (χ1v) is 7.39. The Balaban J connectivity index is 1.95. The van der Waals surface area contributed by atoms with Gasteiger partial charge in [0.2, 0.25) is 0 Å². The number of hydrogen-bond acceptors (Lipinski definition) is 4. The molecule has 0 unspecified atom stereocenters. The fourth-order valence-electron chi connectivity index (χ4n) is 2.11. The monoisotopic (exact) mass is 290 g/mol. The zero-order chi connectivity index (χ0) is 13.4. The molecule has 0 spiro atoms. The van der Waals surface area contributed by atoms with Gasteiger partial charge in [0.15, 0.2) is 10.4 Å². The van der Waals surface area contributed by atoms with Gasteiger partial charge in [0.1, 0.15) is 0 Å². The molecule has 19 heavy (non-hydrogen) atoms. The number of nitrogens with zero attached hydrogens (tertiary/aromatic N) is 3. The summed E-state index contributed by atoms with van der Waals surface area (Å²) in [5.74, 6) is 0. The van der Waals surface area contributed by atoms with Crippen LogP contribution in [-0.4, -0.2) is 19.5 Å². The van der Waals surface area contributed by atoms with E-state index in [0.717, 1.165) is 39.6 Å². The van der Waals surface area contributed by atoms with Gasteiger partial charge in [-0.1, -0.05) is 0 Å². The summed E-state index contributed by atoms with van der Waals surface area (Å²) in [6.07, 6.45) is 2.71. The third kappa shape index (κ3) is 2.33. The van der Waals surface area contributed by atoms with Gasteiger partial charge in [-0.05, 0) is 37.7 Å². The summed E-state index contributed by atoms with van der Waals surface area (Å²) in [6.45, 7) is 4.88. The SMILES string of the molecule is Cc1csc(CCn2c(=S)[nH]c3c(C)ccnc32)n1. The first-order chi connectivity index (χ1) is 9.15. The van der Waals surface area contributed by atoms with E-state index >= 15 is 0 Å². The van der Waals surface area contributed by atoms with E-state index in [1.54, 1.807) is 11.3 Å². The Bertz CT molecular complexity index is 781. The highest BCUT2D eigenvalue weighted by molar-refractivity contribution is 7.71. The number of aryl methyl sites for hydroxylation is 4. The maximum Gasteiger partial charge on any atom is 0.179 e. The molecule has 0 aliphatic heterocycles. The number of aromatic amines is 1. The van der Waals surface area contributed by atoms with Gasteiger partial charge in [0.25, 0.3) is 0 Å². The Morgan fingerprint density at radius 3 is 3.00 bits per heavy atom. The second-order valence-corrected chi connectivity index (χ2v) is 5.87. The molecule has 3 aromatic rings. The fraction of sp³-hybridized carbons (Fsp3) is 0.308. The van der Waals surface area contributed by atoms with E-state index in [4.69, 9.17) is 12.2 Å². The molecule has 6 heteroatoms. The summed E-state index contributed by atoms with van der Waals surface area (Å²) in [6, 6.07) is 1.99. The van der Waals surface area contributed by atoms with E-state index in [1.807, 2.05) is 19.2 Å². The van der Waals surface area contributed by atoms with Crippen LogP contribution in [0.3, 0.4) is 0 Å². The summed E-state index contributed by atoms with van der Waals surface area (Å²) in [5.41, 5.74) is 4.21. The largest absolute Gasteiger partial charge is 0.329 e. The highest BCUT2D eigenvalue weighted by Crippen LogP contribution is 2.17. The van der Waals surface area contributed by atoms with Crippen molar-refractivity contribution in [1.82, 2.24) is 19.5 Å². The van der Waals surface area contributed by atoms with Crippen LogP contribution in [0.4, 0.5) is 0 Å². The lowest BCUT2D eigenvalue weighted by Crippen LogP contribution is -2.02. The first-order valence-electron chi connectivity index (χ1n) is 6.10. The molecule has 0 bridgehead atoms. The van der Waals surface area contributed by atoms with Gasteiger partial charge >= 0.3 is 0 Å². The van der Waals surface area contributed by atoms with Crippen LogP contribution in [0, 0.1) is 18.6 Å². The quantitative estimate of drug-likeness (QED) is 0.752. The van der Waals surface area contributed by atoms with E-state index in [0.29, 0.717) is 0 Å². The smallest absolute Gasteiger partial charge is 0.179 e. The van der Waals surface area contributed by atoms with Gasteiger partial charge in [-0.25, -0.2) is 9.97 Å². The number of hydrogen-bond donors (Lipinski definition) is 1. The molecule has 0 radical (unpaired) electrons. The van der Waals surface area contributed by atoms with E-state index in [1.165, 1.54) is 5.56 Å². The molecule has 3 heterocycles. The first kappa shape index (κ1) is 12.5. The van der Waals surface area contributed by atoms with Gasteiger partial charge in [-0.2, -0.15) is 0 Å². The van der Waals surface area contributed by atoms with Crippen molar-refractivity contribution in [2.24, 2.45) is 0 Å². The number of fused-ring (bicyclic) bond motifs is 1. The molecule has 0 atom stereocenters. The lowest BCUT2D eigenvalue weighted by molar-refractivity contribution is 0.697. The molecule has 0 saturated carbocycles. The summed E-state index contributed by atoms with van der Waals surface area (Å²) in [7, 11) is 0. The fourth-order valence-corrected chi connectivity index (χ4v) is 3.15. The Kier molecular flexibility index (Phi) is 3.20. The van der Waals surface area contributed by atoms with Crippen molar-refractivity contribution in [1.29, 1.82) is 0 Å². The van der Waals surface area contributed by atoms with E-state index in [9.17, 15) is 0 Å². The van der Waals surface area contributed by atoms with Crippen LogP contribution in [0.15, 0.2) is 17.6 Å². The Morgan fingerprint density at radius 2 is 2.26 bits per heavy atom. The molecule has 1 N–H and O–H groups in total. The molecule has 0 aliphatic rings. The number of H-pyrrole nitrogens is 1. The predicted molar refractivity (Wildman–Crippen MR) is 80.2 cm³/mol. The minimum atomic E-state index is 0.727. The van der Waals surface area contributed by atoms with E-state index in [-0.39, 0.29) is 0 Å². The number of thiazole rings is 1. The third-order valence-electron chi connectivity index (χ3n) is 3.09. The predicted octanol–water partition coefficient (Wildman–Crippen LogP) is 3.41. The zero-order valence-electron chi connectivity index (χ0n) is 10.8. The standard InChI is InChI=1S/C13H14N4S2/c1-8-3-5-14-12-11(8)16-13(18)17(12)6-4-10-15-9(2)7-19-10/h3,5,7H,4,6H2,1-2H3,(H,16,18). The minimum Gasteiger partial charge on any atom is -0.329 e. The number of aromatic nitrogens is 4. The normalized spacial score (nSPS) is 11.3. The van der Waals surface area contributed by atoms with Gasteiger partial charge in [0, 0.05) is 30.2 Å². The summed E-state index contributed by atoms with van der Waals surface area (Å²) in [5, 5.41) is 3.22. The zero-order valence-corrected chi connectivity index (χ0v) is 12.4. The van der Waals surface area contributed by atoms with E-state index < -0.39 is 0 Å². The van der Waals surface area contributed by atoms with Crippen LogP contribution >= 0.6 is 23.6 Å². The molecular weight excluding hydrogens is 276 g/mol. The molecule has 4 nitrogen and oxygen atoms in total. The minimum absolute atomic E-state index is 0.727. The summed E-state index contributed by atoms with van der Waals surface area (Å²) >= 11 is 7.08. The highest BCUT2D eigenvalue weighted by atomic mass is 32.1. The maximum atomic E-state index is 5.38. The van der Waals surface area contributed by atoms with Gasteiger partial charge in [0.05, 0.1) is 10.5 Å². The molecule has 0 fully saturated rings. The third-order valence-corrected chi connectivity index (χ3v) is 4.44. The average molecular weight is 290 g/mol. The lowest BCUT2D eigenvalue weighted by atomic mass is 10.3. The molecule has 0 aliphatic carbocycles. The molecule has 98 valence electrons. The topological polar surface area (TPSA) is 46.5 Å². The average Bonchev–Trinajstić information content (AvgIpc) is 2.92. The Hall–Kier alpha value is -1.53. The summed E-state index contributed by atoms with van der Waals surface area (Å²) < 4.78 is 2.78. The van der Waals surface area contributed by atoms with Gasteiger partial charge in [-0.15, -0.1) is 11.3 Å². The Morgan fingerprint density at radius 1 is 1.42 bits per heavy atom. The molecular formula is C13H14N4S2. The number of imidazole rings is 1. The van der Waals surface area contributed by atoms with E-state index in [2.05, 4.69) is 31.8 Å². The lowest BCUT2D eigenvalue weighted by Gasteiger charge is -2.02. The van der Waals surface area contributed by atoms with Crippen LogP contribution in [0.5, 0.6) is 0 Å². The van der Waals surface area contributed by atoms with Crippen LogP contribution in [0.1, 0.15) is 16.3 Å². The van der Waals surface area contributed by atoms with Crippen molar-refractivity contribution in [2.45, 2.75) is 26.8 Å². The number of nitrogens with one attached hydrogen (secondary N) is 1. The van der Waals surface area contributed by atoms with Crippen LogP contribution in [-0.2, 0) is 13.0 Å². The van der Waals surface area contributed by atoms with Crippen molar-refractivity contribution in [3.05, 3.63) is 38.7 Å². The van der Waals surface area contributed by atoms with Crippen molar-refractivity contribution < 1.29 is 0 Å².